The molecule has 0 aliphatic rings. The lowest BCUT2D eigenvalue weighted by Gasteiger charge is -1.69. The van der Waals surface area contributed by atoms with Gasteiger partial charge in [-0.25, -0.2) is 0 Å². The van der Waals surface area contributed by atoms with Crippen LogP contribution in [-0.2, 0) is 17.0 Å². The molecular formula is C4H7OS+. The average Bonchev–Trinajstić information content (AvgIpc) is 1.35. The van der Waals surface area contributed by atoms with Gasteiger partial charge in [0.25, 0.3) is 0 Å². The predicted octanol–water partition coefficient (Wildman–Crippen LogP) is 0.0469. The monoisotopic (exact) mass is 103 g/mol. The molecule has 0 saturated heterocycles. The fourth-order valence-electron chi connectivity index (χ4n) is 0.129. The molecule has 0 aliphatic carbocycles. The highest BCUT2D eigenvalue weighted by Crippen LogP contribution is 1.69. The van der Waals surface area contributed by atoms with E-state index in [2.05, 4.69) is 12.2 Å². The summed E-state index contributed by atoms with van der Waals surface area (Å²) in [6, 6.07) is 0. The summed E-state index contributed by atoms with van der Waals surface area (Å²) >= 11 is 3.71. The highest BCUT2D eigenvalue weighted by molar-refractivity contribution is 7.58. The Morgan fingerprint density at radius 3 is 2.50 bits per heavy atom. The third-order valence-electron chi connectivity index (χ3n) is 0.379. The largest absolute Gasteiger partial charge is 0.299 e. The van der Waals surface area contributed by atoms with E-state index in [1.54, 1.807) is 5.37 Å². The molecule has 0 unspecified atom stereocenters. The van der Waals surface area contributed by atoms with E-state index < -0.39 is 0 Å². The summed E-state index contributed by atoms with van der Waals surface area (Å²) in [5, 5.41) is 1.54. The van der Waals surface area contributed by atoms with Crippen molar-refractivity contribution >= 4 is 23.4 Å². The Bertz CT molecular complexity index is 67.9. The molecule has 0 saturated carbocycles. The molecule has 0 radical (unpaired) electrons. The Kier molecular flexibility index (Phi) is 2.85. The number of thiol groups is 1. The topological polar surface area (TPSA) is 17.1 Å². The molecule has 0 aromatic rings. The van der Waals surface area contributed by atoms with Gasteiger partial charge in [0.05, 0.1) is 6.42 Å². The molecule has 0 N–H and O–H groups in total. The van der Waals surface area contributed by atoms with E-state index in [0.29, 0.717) is 6.42 Å². The normalized spacial score (nSPS) is 7.50. The van der Waals surface area contributed by atoms with Gasteiger partial charge in [0.15, 0.2) is 17.6 Å². The molecule has 0 atom stereocenters. The molecule has 0 bridgehead atoms. The summed E-state index contributed by atoms with van der Waals surface area (Å²) in [6.07, 6.45) is 0.475. The van der Waals surface area contributed by atoms with Crippen molar-refractivity contribution < 1.29 is 4.79 Å². The zero-order valence-electron chi connectivity index (χ0n) is 3.64. The van der Waals surface area contributed by atoms with E-state index in [0.717, 1.165) is 0 Å². The SMILES string of the molecule is CC(=O)CC=[SH+]. The van der Waals surface area contributed by atoms with Crippen LogP contribution in [0, 0.1) is 0 Å². The molecule has 0 heterocycles. The van der Waals surface area contributed by atoms with Crippen molar-refractivity contribution in [1.29, 1.82) is 0 Å². The second-order valence-electron chi connectivity index (χ2n) is 1.09. The fraction of sp³-hybridized carbons (Fsp3) is 0.500. The summed E-state index contributed by atoms with van der Waals surface area (Å²) in [5.41, 5.74) is 0. The van der Waals surface area contributed by atoms with Gasteiger partial charge in [-0.15, -0.1) is 0 Å². The minimum absolute atomic E-state index is 0.157. The zero-order chi connectivity index (χ0) is 4.99. The fourth-order valence-corrected chi connectivity index (χ4v) is 0.386. The zero-order valence-corrected chi connectivity index (χ0v) is 4.53. The van der Waals surface area contributed by atoms with Gasteiger partial charge in [0, 0.05) is 0 Å². The van der Waals surface area contributed by atoms with E-state index in [9.17, 15) is 4.79 Å². The average molecular weight is 103 g/mol. The number of ketones is 1. The van der Waals surface area contributed by atoms with Gasteiger partial charge in [0.1, 0.15) is 5.78 Å². The number of Topliss-reactive ketones (excluding diaryl/α,β-unsaturated/α-hetero) is 1. The second-order valence-corrected chi connectivity index (χ2v) is 1.45. The van der Waals surface area contributed by atoms with Gasteiger partial charge in [-0.2, -0.15) is 0 Å². The molecule has 0 aromatic heterocycles. The first-order valence-corrected chi connectivity index (χ1v) is 2.24. The summed E-state index contributed by atoms with van der Waals surface area (Å²) < 4.78 is 0. The summed E-state index contributed by atoms with van der Waals surface area (Å²) in [5.74, 6) is 0.157. The van der Waals surface area contributed by atoms with Gasteiger partial charge in [-0.1, -0.05) is 0 Å². The second kappa shape index (κ2) is 2.97. The van der Waals surface area contributed by atoms with Crippen LogP contribution in [0.2, 0.25) is 0 Å². The van der Waals surface area contributed by atoms with E-state index in [1.165, 1.54) is 6.92 Å². The number of hydrogen-bond acceptors (Lipinski definition) is 1. The van der Waals surface area contributed by atoms with Crippen molar-refractivity contribution in [3.05, 3.63) is 0 Å². The Morgan fingerprint density at radius 1 is 2.00 bits per heavy atom. The minimum Gasteiger partial charge on any atom is -0.299 e. The van der Waals surface area contributed by atoms with Gasteiger partial charge in [-0.3, -0.25) is 4.79 Å². The Hall–Kier alpha value is -0.240. The van der Waals surface area contributed by atoms with E-state index in [-0.39, 0.29) is 5.78 Å². The Morgan fingerprint density at radius 2 is 2.50 bits per heavy atom. The van der Waals surface area contributed by atoms with Gasteiger partial charge in [-0.05, 0) is 6.92 Å². The summed E-state index contributed by atoms with van der Waals surface area (Å²) in [7, 11) is 0. The molecule has 0 spiro atoms. The van der Waals surface area contributed by atoms with Crippen LogP contribution < -0.4 is 0 Å². The van der Waals surface area contributed by atoms with Crippen LogP contribution in [0.4, 0.5) is 0 Å². The first-order valence-electron chi connectivity index (χ1n) is 1.72. The molecule has 0 fully saturated rings. The number of carbonyl (C=O) groups is 1. The number of hydrogen-bond donors (Lipinski definition) is 0. The standard InChI is InChI=1S/C4H6OS/c1-4(5)2-3-6/h3H,2H2,1H3/p+1. The summed E-state index contributed by atoms with van der Waals surface area (Å²) in [6.45, 7) is 1.53. The molecule has 1 nitrogen and oxygen atoms in total. The molecule has 2 heteroatoms. The first kappa shape index (κ1) is 5.76. The van der Waals surface area contributed by atoms with E-state index in [1.807, 2.05) is 0 Å². The van der Waals surface area contributed by atoms with Crippen LogP contribution in [0.5, 0.6) is 0 Å². The lowest BCUT2D eigenvalue weighted by molar-refractivity contribution is -0.115. The Balaban J connectivity index is 3.05. The van der Waals surface area contributed by atoms with Gasteiger partial charge < -0.3 is 0 Å². The molecule has 0 aliphatic heterocycles. The minimum atomic E-state index is 0.157. The molecule has 0 rings (SSSR count). The van der Waals surface area contributed by atoms with E-state index in [4.69, 9.17) is 0 Å². The van der Waals surface area contributed by atoms with E-state index >= 15 is 0 Å². The maximum atomic E-state index is 9.96. The lowest BCUT2D eigenvalue weighted by Crippen LogP contribution is -1.87. The van der Waals surface area contributed by atoms with Crippen LogP contribution in [0.25, 0.3) is 0 Å². The van der Waals surface area contributed by atoms with Crippen LogP contribution >= 0.6 is 0 Å². The third kappa shape index (κ3) is 3.76. The quantitative estimate of drug-likeness (QED) is 0.274. The van der Waals surface area contributed by atoms with Crippen molar-refractivity contribution in [1.82, 2.24) is 0 Å². The van der Waals surface area contributed by atoms with Gasteiger partial charge >= 0.3 is 0 Å². The van der Waals surface area contributed by atoms with Crippen molar-refractivity contribution in [3.63, 3.8) is 0 Å². The molecular weight excluding hydrogens is 96.1 g/mol. The smallest absolute Gasteiger partial charge is 0.171 e. The Labute approximate surface area is 42.4 Å². The lowest BCUT2D eigenvalue weighted by atomic mass is 10.4. The van der Waals surface area contributed by atoms with Crippen LogP contribution in [0.3, 0.4) is 0 Å². The highest BCUT2D eigenvalue weighted by atomic mass is 32.1. The van der Waals surface area contributed by atoms with Crippen molar-refractivity contribution in [2.24, 2.45) is 0 Å². The van der Waals surface area contributed by atoms with Crippen LogP contribution in [0.15, 0.2) is 0 Å². The molecule has 34 valence electrons. The molecule has 0 amide bonds. The maximum absolute atomic E-state index is 9.96. The van der Waals surface area contributed by atoms with Crippen molar-refractivity contribution in [2.45, 2.75) is 13.3 Å². The van der Waals surface area contributed by atoms with Crippen LogP contribution in [0.1, 0.15) is 13.3 Å². The number of carbonyl (C=O) groups excluding carboxylic acids is 1. The summed E-state index contributed by atoms with van der Waals surface area (Å²) in [4.78, 5) is 9.96. The van der Waals surface area contributed by atoms with Gasteiger partial charge in [0.2, 0.25) is 0 Å². The highest BCUT2D eigenvalue weighted by Gasteiger charge is 1.86. The van der Waals surface area contributed by atoms with Crippen LogP contribution in [-0.4, -0.2) is 11.2 Å². The predicted molar refractivity (Wildman–Crippen MR) is 30.1 cm³/mol. The molecule has 6 heavy (non-hydrogen) atoms. The maximum Gasteiger partial charge on any atom is 0.171 e. The van der Waals surface area contributed by atoms with Crippen molar-refractivity contribution in [2.75, 3.05) is 0 Å². The number of rotatable bonds is 2. The molecule has 0 aromatic carbocycles. The third-order valence-corrected chi connectivity index (χ3v) is 0.561. The first-order chi connectivity index (χ1) is 2.77. The van der Waals surface area contributed by atoms with Crippen molar-refractivity contribution in [3.8, 4) is 0 Å².